The second-order valence-corrected chi connectivity index (χ2v) is 6.38. The van der Waals surface area contributed by atoms with E-state index in [-0.39, 0.29) is 6.04 Å². The van der Waals surface area contributed by atoms with Gasteiger partial charge in [0.1, 0.15) is 0 Å². The first kappa shape index (κ1) is 16.2. The highest BCUT2D eigenvalue weighted by atomic mass is 79.9. The van der Waals surface area contributed by atoms with E-state index in [9.17, 15) is 0 Å². The monoisotopic (exact) mass is 350 g/mol. The van der Waals surface area contributed by atoms with E-state index in [4.69, 9.17) is 5.84 Å². The minimum absolute atomic E-state index is 0.0581. The smallest absolute Gasteiger partial charge is 0.0644 e. The number of hydrogen-bond donors (Lipinski definition) is 2. The largest absolute Gasteiger partial charge is 0.271 e. The average molecular weight is 351 g/mol. The van der Waals surface area contributed by atoms with Gasteiger partial charge in [-0.1, -0.05) is 28.9 Å². The number of halogens is 1. The molecule has 1 aromatic carbocycles. The third kappa shape index (κ3) is 3.93. The van der Waals surface area contributed by atoms with Crippen molar-refractivity contribution in [3.8, 4) is 0 Å². The van der Waals surface area contributed by atoms with E-state index in [2.05, 4.69) is 65.4 Å². The summed E-state index contributed by atoms with van der Waals surface area (Å²) >= 11 is 3.52. The molecular formula is C16H23BrN4. The molecule has 2 unspecified atom stereocenters. The molecule has 0 aliphatic rings. The topological polar surface area (TPSA) is 55.9 Å². The van der Waals surface area contributed by atoms with Gasteiger partial charge in [-0.2, -0.15) is 5.10 Å². The van der Waals surface area contributed by atoms with Gasteiger partial charge in [0.25, 0.3) is 0 Å². The van der Waals surface area contributed by atoms with Crippen LogP contribution in [0.25, 0.3) is 0 Å². The SMILES string of the molecule is CCC(C)n1ccc(CC(NN)c2cc(Br)ccc2C)n1. The predicted molar refractivity (Wildman–Crippen MR) is 89.9 cm³/mol. The summed E-state index contributed by atoms with van der Waals surface area (Å²) in [5.74, 6) is 5.76. The molecule has 2 aromatic rings. The first-order valence-electron chi connectivity index (χ1n) is 7.31. The van der Waals surface area contributed by atoms with Gasteiger partial charge in [-0.15, -0.1) is 0 Å². The molecule has 0 aliphatic heterocycles. The zero-order valence-corrected chi connectivity index (χ0v) is 14.4. The summed E-state index contributed by atoms with van der Waals surface area (Å²) in [6.07, 6.45) is 3.90. The van der Waals surface area contributed by atoms with E-state index < -0.39 is 0 Å². The van der Waals surface area contributed by atoms with E-state index in [1.165, 1.54) is 11.1 Å². The molecule has 0 aliphatic carbocycles. The van der Waals surface area contributed by atoms with Crippen molar-refractivity contribution in [2.75, 3.05) is 0 Å². The molecule has 0 saturated carbocycles. The number of nitrogens with two attached hydrogens (primary N) is 1. The van der Waals surface area contributed by atoms with Gasteiger partial charge >= 0.3 is 0 Å². The van der Waals surface area contributed by atoms with E-state index in [0.29, 0.717) is 6.04 Å². The third-order valence-corrected chi connectivity index (χ3v) is 4.43. The fraction of sp³-hybridized carbons (Fsp3) is 0.438. The Balaban J connectivity index is 2.19. The second kappa shape index (κ2) is 7.20. The van der Waals surface area contributed by atoms with Crippen LogP contribution in [0.3, 0.4) is 0 Å². The Kier molecular flexibility index (Phi) is 5.56. The maximum Gasteiger partial charge on any atom is 0.0644 e. The number of benzene rings is 1. The first-order chi connectivity index (χ1) is 10.0. The average Bonchev–Trinajstić information content (AvgIpc) is 2.95. The minimum Gasteiger partial charge on any atom is -0.271 e. The van der Waals surface area contributed by atoms with Crippen molar-refractivity contribution in [2.24, 2.45) is 5.84 Å². The van der Waals surface area contributed by atoms with Crippen molar-refractivity contribution >= 4 is 15.9 Å². The molecule has 0 amide bonds. The Morgan fingerprint density at radius 1 is 1.38 bits per heavy atom. The van der Waals surface area contributed by atoms with E-state index in [1.54, 1.807) is 0 Å². The quantitative estimate of drug-likeness (QED) is 0.617. The predicted octanol–water partition coefficient (Wildman–Crippen LogP) is 3.67. The van der Waals surface area contributed by atoms with Gasteiger partial charge in [0, 0.05) is 23.1 Å². The Labute approximate surface area is 134 Å². The number of nitrogens with zero attached hydrogens (tertiary/aromatic N) is 2. The molecule has 21 heavy (non-hydrogen) atoms. The Bertz CT molecular complexity index is 594. The third-order valence-electron chi connectivity index (χ3n) is 3.94. The zero-order valence-electron chi connectivity index (χ0n) is 12.8. The summed E-state index contributed by atoms with van der Waals surface area (Å²) in [5, 5.41) is 4.66. The van der Waals surface area contributed by atoms with E-state index >= 15 is 0 Å². The molecule has 5 heteroatoms. The highest BCUT2D eigenvalue weighted by Crippen LogP contribution is 2.24. The summed E-state index contributed by atoms with van der Waals surface area (Å²) in [7, 11) is 0. The van der Waals surface area contributed by atoms with Gasteiger partial charge in [0.15, 0.2) is 0 Å². The molecular weight excluding hydrogens is 328 g/mol. The van der Waals surface area contributed by atoms with Crippen LogP contribution in [0.4, 0.5) is 0 Å². The Morgan fingerprint density at radius 2 is 2.14 bits per heavy atom. The Morgan fingerprint density at radius 3 is 2.81 bits per heavy atom. The number of nitrogens with one attached hydrogen (secondary N) is 1. The van der Waals surface area contributed by atoms with Crippen molar-refractivity contribution in [1.82, 2.24) is 15.2 Å². The molecule has 3 N–H and O–H groups in total. The van der Waals surface area contributed by atoms with Crippen LogP contribution >= 0.6 is 15.9 Å². The molecule has 114 valence electrons. The molecule has 0 fully saturated rings. The lowest BCUT2D eigenvalue weighted by molar-refractivity contribution is 0.467. The number of rotatable bonds is 6. The molecule has 0 saturated heterocycles. The van der Waals surface area contributed by atoms with Gasteiger partial charge in [-0.05, 0) is 49.6 Å². The van der Waals surface area contributed by atoms with Gasteiger partial charge in [-0.3, -0.25) is 16.0 Å². The zero-order chi connectivity index (χ0) is 15.4. The fourth-order valence-corrected chi connectivity index (χ4v) is 2.75. The minimum atomic E-state index is 0.0581. The van der Waals surface area contributed by atoms with Crippen LogP contribution in [0, 0.1) is 6.92 Å². The molecule has 1 heterocycles. The highest BCUT2D eigenvalue weighted by molar-refractivity contribution is 9.10. The lowest BCUT2D eigenvalue weighted by atomic mass is 9.98. The molecule has 1 aromatic heterocycles. The van der Waals surface area contributed by atoms with Crippen molar-refractivity contribution in [2.45, 2.75) is 45.7 Å². The second-order valence-electron chi connectivity index (χ2n) is 5.47. The molecule has 0 bridgehead atoms. The summed E-state index contributed by atoms with van der Waals surface area (Å²) in [6.45, 7) is 6.44. The van der Waals surface area contributed by atoms with Crippen LogP contribution in [-0.2, 0) is 6.42 Å². The maximum absolute atomic E-state index is 5.76. The van der Waals surface area contributed by atoms with Crippen LogP contribution in [0.5, 0.6) is 0 Å². The van der Waals surface area contributed by atoms with Crippen LogP contribution < -0.4 is 11.3 Å². The van der Waals surface area contributed by atoms with Crippen molar-refractivity contribution < 1.29 is 0 Å². The number of hydrazine groups is 1. The van der Waals surface area contributed by atoms with Gasteiger partial charge in [-0.25, -0.2) is 0 Å². The molecule has 2 rings (SSSR count). The molecule has 4 nitrogen and oxygen atoms in total. The van der Waals surface area contributed by atoms with Crippen molar-refractivity contribution in [3.05, 3.63) is 51.8 Å². The van der Waals surface area contributed by atoms with Crippen LogP contribution in [0.15, 0.2) is 34.9 Å². The maximum atomic E-state index is 5.76. The summed E-state index contributed by atoms with van der Waals surface area (Å²) in [4.78, 5) is 0. The van der Waals surface area contributed by atoms with Gasteiger partial charge < -0.3 is 0 Å². The normalized spacial score (nSPS) is 14.1. The summed E-state index contributed by atoms with van der Waals surface area (Å²) in [5.41, 5.74) is 6.39. The Hall–Kier alpha value is -1.17. The van der Waals surface area contributed by atoms with Crippen molar-refractivity contribution in [3.63, 3.8) is 0 Å². The summed E-state index contributed by atoms with van der Waals surface area (Å²) in [6, 6.07) is 8.82. The van der Waals surface area contributed by atoms with Crippen LogP contribution in [-0.4, -0.2) is 9.78 Å². The standard InChI is InChI=1S/C16H23BrN4/c1-4-12(3)21-8-7-14(20-21)10-16(19-18)15-9-13(17)6-5-11(15)2/h5-9,12,16,19H,4,10,18H2,1-3H3. The number of hydrogen-bond acceptors (Lipinski definition) is 3. The number of aryl methyl sites for hydroxylation is 1. The first-order valence-corrected chi connectivity index (χ1v) is 8.10. The van der Waals surface area contributed by atoms with Crippen LogP contribution in [0.1, 0.15) is 49.2 Å². The fourth-order valence-electron chi connectivity index (χ4n) is 2.37. The molecule has 0 spiro atoms. The summed E-state index contributed by atoms with van der Waals surface area (Å²) < 4.78 is 3.09. The van der Waals surface area contributed by atoms with E-state index in [0.717, 1.165) is 23.0 Å². The lowest BCUT2D eigenvalue weighted by Gasteiger charge is -2.18. The lowest BCUT2D eigenvalue weighted by Crippen LogP contribution is -2.30. The molecule has 2 atom stereocenters. The molecule has 0 radical (unpaired) electrons. The van der Waals surface area contributed by atoms with Crippen LogP contribution in [0.2, 0.25) is 0 Å². The van der Waals surface area contributed by atoms with Crippen molar-refractivity contribution in [1.29, 1.82) is 0 Å². The number of aromatic nitrogens is 2. The van der Waals surface area contributed by atoms with Gasteiger partial charge in [0.05, 0.1) is 11.7 Å². The van der Waals surface area contributed by atoms with Gasteiger partial charge in [0.2, 0.25) is 0 Å². The highest BCUT2D eigenvalue weighted by Gasteiger charge is 2.15. The van der Waals surface area contributed by atoms with E-state index in [1.807, 2.05) is 16.9 Å².